The van der Waals surface area contributed by atoms with E-state index < -0.39 is 0 Å². The molecule has 1 fully saturated rings. The molecule has 1 amide bonds. The first-order valence-corrected chi connectivity index (χ1v) is 11.2. The van der Waals surface area contributed by atoms with Crippen molar-refractivity contribution in [3.05, 3.63) is 90.1 Å². The van der Waals surface area contributed by atoms with E-state index in [9.17, 15) is 4.79 Å². The highest BCUT2D eigenvalue weighted by atomic mass is 16.1. The maximum absolute atomic E-state index is 12.9. The van der Waals surface area contributed by atoms with Gasteiger partial charge < -0.3 is 16.0 Å². The van der Waals surface area contributed by atoms with E-state index in [2.05, 4.69) is 48.0 Å². The molecule has 1 aliphatic rings. The van der Waals surface area contributed by atoms with E-state index in [-0.39, 0.29) is 5.91 Å². The number of anilines is 3. The minimum atomic E-state index is -0.226. The van der Waals surface area contributed by atoms with Gasteiger partial charge in [-0.15, -0.1) is 0 Å². The number of amides is 1. The number of nitrogens with zero attached hydrogens (tertiary/aromatic N) is 4. The molecule has 8 heteroatoms. The molecule has 3 aromatic heterocycles. The first-order chi connectivity index (χ1) is 16.7. The molecule has 0 radical (unpaired) electrons. The summed E-state index contributed by atoms with van der Waals surface area (Å²) in [7, 11) is 0. The quantitative estimate of drug-likeness (QED) is 0.401. The van der Waals surface area contributed by atoms with E-state index in [1.54, 1.807) is 30.9 Å². The minimum Gasteiger partial charge on any atom is -0.323 e. The Hall–Kier alpha value is -4.17. The Balaban J connectivity index is 1.30. The van der Waals surface area contributed by atoms with Gasteiger partial charge in [-0.05, 0) is 67.8 Å². The van der Waals surface area contributed by atoms with Crippen LogP contribution in [0.2, 0.25) is 0 Å². The topological polar surface area (TPSA) is 105 Å². The summed E-state index contributed by atoms with van der Waals surface area (Å²) in [4.78, 5) is 30.3. The fourth-order valence-electron chi connectivity index (χ4n) is 3.98. The highest BCUT2D eigenvalue weighted by molar-refractivity contribution is 6.04. The van der Waals surface area contributed by atoms with Gasteiger partial charge in [-0.1, -0.05) is 12.1 Å². The highest BCUT2D eigenvalue weighted by Gasteiger charge is 2.16. The standard InChI is InChI=1S/C26H25N7O/c1-17-24(33-26-29-12-9-23(32-26)20-3-2-10-27-15-20)13-21(16-30-17)25(34)31-22-6-4-18(5-7-22)19-8-11-28-14-19/h2-7,9-10,12-13,15-16,19,28H,8,11,14H2,1H3,(H,31,34)(H,29,32,33). The van der Waals surface area contributed by atoms with Gasteiger partial charge in [0.25, 0.3) is 5.91 Å². The fraction of sp³-hybridized carbons (Fsp3) is 0.192. The van der Waals surface area contributed by atoms with Gasteiger partial charge in [0.05, 0.1) is 22.6 Å². The van der Waals surface area contributed by atoms with Crippen LogP contribution in [-0.4, -0.2) is 38.9 Å². The van der Waals surface area contributed by atoms with Crippen LogP contribution in [-0.2, 0) is 0 Å². The summed E-state index contributed by atoms with van der Waals surface area (Å²) in [6, 6.07) is 15.4. The molecule has 8 nitrogen and oxygen atoms in total. The van der Waals surface area contributed by atoms with Crippen LogP contribution in [0.3, 0.4) is 0 Å². The van der Waals surface area contributed by atoms with E-state index in [0.717, 1.165) is 42.1 Å². The number of nitrogens with one attached hydrogen (secondary N) is 3. The zero-order valence-electron chi connectivity index (χ0n) is 18.8. The molecule has 1 aliphatic heterocycles. The summed E-state index contributed by atoms with van der Waals surface area (Å²) in [5.74, 6) is 0.732. The Morgan fingerprint density at radius 1 is 1.06 bits per heavy atom. The maximum Gasteiger partial charge on any atom is 0.257 e. The molecule has 4 heterocycles. The molecule has 0 aliphatic carbocycles. The molecule has 0 spiro atoms. The summed E-state index contributed by atoms with van der Waals surface area (Å²) in [5.41, 5.74) is 5.54. The predicted octanol–water partition coefficient (Wildman–Crippen LogP) is 4.31. The van der Waals surface area contributed by atoms with E-state index in [1.807, 2.05) is 37.3 Å². The number of aryl methyl sites for hydroxylation is 1. The summed E-state index contributed by atoms with van der Waals surface area (Å²) in [5, 5.41) is 9.53. The van der Waals surface area contributed by atoms with Crippen molar-refractivity contribution in [3.63, 3.8) is 0 Å². The Kier molecular flexibility index (Phi) is 6.22. The predicted molar refractivity (Wildman–Crippen MR) is 132 cm³/mol. The fourth-order valence-corrected chi connectivity index (χ4v) is 3.98. The van der Waals surface area contributed by atoms with Gasteiger partial charge in [-0.25, -0.2) is 9.97 Å². The number of benzene rings is 1. The third-order valence-corrected chi connectivity index (χ3v) is 5.91. The smallest absolute Gasteiger partial charge is 0.257 e. The average Bonchev–Trinajstić information content (AvgIpc) is 3.42. The van der Waals surface area contributed by atoms with Gasteiger partial charge >= 0.3 is 0 Å². The second-order valence-corrected chi connectivity index (χ2v) is 8.26. The van der Waals surface area contributed by atoms with Crippen molar-refractivity contribution < 1.29 is 4.79 Å². The van der Waals surface area contributed by atoms with Crippen LogP contribution in [0.4, 0.5) is 17.3 Å². The van der Waals surface area contributed by atoms with Crippen molar-refractivity contribution >= 4 is 23.2 Å². The van der Waals surface area contributed by atoms with Gasteiger partial charge in [-0.2, -0.15) is 0 Å². The zero-order chi connectivity index (χ0) is 23.3. The Labute approximate surface area is 197 Å². The molecular weight excluding hydrogens is 426 g/mol. The molecule has 1 atom stereocenters. The average molecular weight is 452 g/mol. The molecule has 1 saturated heterocycles. The summed E-state index contributed by atoms with van der Waals surface area (Å²) in [6.45, 7) is 3.93. The first-order valence-electron chi connectivity index (χ1n) is 11.2. The minimum absolute atomic E-state index is 0.226. The van der Waals surface area contributed by atoms with Crippen molar-refractivity contribution in [1.29, 1.82) is 0 Å². The number of pyridine rings is 2. The third kappa shape index (κ3) is 4.92. The lowest BCUT2D eigenvalue weighted by Crippen LogP contribution is -2.13. The second kappa shape index (κ2) is 9.76. The SMILES string of the molecule is Cc1ncc(C(=O)Nc2ccc(C3CCNC3)cc2)cc1Nc1nccc(-c2cccnc2)n1. The maximum atomic E-state index is 12.9. The van der Waals surface area contributed by atoms with Crippen LogP contribution in [0.25, 0.3) is 11.3 Å². The van der Waals surface area contributed by atoms with Gasteiger partial charge in [0.15, 0.2) is 0 Å². The summed E-state index contributed by atoms with van der Waals surface area (Å²) < 4.78 is 0. The normalized spacial score (nSPS) is 15.1. The van der Waals surface area contributed by atoms with E-state index in [4.69, 9.17) is 0 Å². The Morgan fingerprint density at radius 3 is 2.71 bits per heavy atom. The second-order valence-electron chi connectivity index (χ2n) is 8.26. The van der Waals surface area contributed by atoms with Crippen LogP contribution >= 0.6 is 0 Å². The van der Waals surface area contributed by atoms with E-state index >= 15 is 0 Å². The Morgan fingerprint density at radius 2 is 1.94 bits per heavy atom. The van der Waals surface area contributed by atoms with Crippen LogP contribution in [0.5, 0.6) is 0 Å². The molecule has 3 N–H and O–H groups in total. The van der Waals surface area contributed by atoms with E-state index in [1.165, 1.54) is 5.56 Å². The van der Waals surface area contributed by atoms with E-state index in [0.29, 0.717) is 23.1 Å². The third-order valence-electron chi connectivity index (χ3n) is 5.91. The number of carbonyl (C=O) groups is 1. The molecule has 5 rings (SSSR count). The van der Waals surface area contributed by atoms with Crippen LogP contribution in [0.15, 0.2) is 73.3 Å². The van der Waals surface area contributed by atoms with Crippen molar-refractivity contribution in [1.82, 2.24) is 25.3 Å². The highest BCUT2D eigenvalue weighted by Crippen LogP contribution is 2.25. The van der Waals surface area contributed by atoms with Crippen molar-refractivity contribution in [3.8, 4) is 11.3 Å². The summed E-state index contributed by atoms with van der Waals surface area (Å²) in [6.07, 6.45) is 7.87. The first kappa shape index (κ1) is 21.7. The van der Waals surface area contributed by atoms with Crippen molar-refractivity contribution in [2.75, 3.05) is 23.7 Å². The van der Waals surface area contributed by atoms with Gasteiger partial charge in [0, 0.05) is 42.6 Å². The van der Waals surface area contributed by atoms with Crippen molar-refractivity contribution in [2.45, 2.75) is 19.3 Å². The van der Waals surface area contributed by atoms with Gasteiger partial charge in [0.2, 0.25) is 5.95 Å². The van der Waals surface area contributed by atoms with Crippen LogP contribution < -0.4 is 16.0 Å². The molecule has 4 aromatic rings. The lowest BCUT2D eigenvalue weighted by molar-refractivity contribution is 0.102. The molecular formula is C26H25N7O. The number of rotatable bonds is 6. The van der Waals surface area contributed by atoms with Gasteiger partial charge in [-0.3, -0.25) is 14.8 Å². The number of hydrogen-bond acceptors (Lipinski definition) is 7. The number of aromatic nitrogens is 4. The Bertz CT molecular complexity index is 1290. The molecule has 1 unspecified atom stereocenters. The lowest BCUT2D eigenvalue weighted by atomic mass is 9.98. The van der Waals surface area contributed by atoms with Crippen molar-refractivity contribution in [2.24, 2.45) is 0 Å². The molecule has 34 heavy (non-hydrogen) atoms. The number of hydrogen-bond donors (Lipinski definition) is 3. The van der Waals surface area contributed by atoms with Gasteiger partial charge in [0.1, 0.15) is 0 Å². The molecule has 1 aromatic carbocycles. The van der Waals surface area contributed by atoms with Crippen LogP contribution in [0, 0.1) is 6.92 Å². The summed E-state index contributed by atoms with van der Waals surface area (Å²) >= 11 is 0. The molecule has 170 valence electrons. The number of carbonyl (C=O) groups excluding carboxylic acids is 1. The zero-order valence-corrected chi connectivity index (χ0v) is 18.8. The van der Waals surface area contributed by atoms with Crippen LogP contribution in [0.1, 0.15) is 34.0 Å². The lowest BCUT2D eigenvalue weighted by Gasteiger charge is -2.12. The largest absolute Gasteiger partial charge is 0.323 e. The molecule has 0 saturated carbocycles. The molecule has 0 bridgehead atoms. The monoisotopic (exact) mass is 451 g/mol.